The lowest BCUT2D eigenvalue weighted by atomic mass is 9.72. The fourth-order valence-electron chi connectivity index (χ4n) is 6.69. The summed E-state index contributed by atoms with van der Waals surface area (Å²) in [5.74, 6) is -0.862. The van der Waals surface area contributed by atoms with E-state index in [2.05, 4.69) is 10.4 Å². The predicted molar refractivity (Wildman–Crippen MR) is 136 cm³/mol. The largest absolute Gasteiger partial charge is 0.435 e. The van der Waals surface area contributed by atoms with E-state index in [4.69, 9.17) is 21.4 Å². The van der Waals surface area contributed by atoms with Crippen molar-refractivity contribution in [1.29, 1.82) is 5.41 Å². The van der Waals surface area contributed by atoms with E-state index in [1.807, 2.05) is 0 Å². The zero-order valence-corrected chi connectivity index (χ0v) is 22.7. The number of amides is 1. The fourth-order valence-corrected chi connectivity index (χ4v) is 7.05. The molecule has 12 heteroatoms. The predicted octanol–water partition coefficient (Wildman–Crippen LogP) is 5.64. The number of rotatable bonds is 8. The Morgan fingerprint density at radius 2 is 1.95 bits per heavy atom. The van der Waals surface area contributed by atoms with E-state index in [0.717, 1.165) is 12.8 Å². The molecule has 216 valence electrons. The lowest BCUT2D eigenvalue weighted by Gasteiger charge is -2.38. The van der Waals surface area contributed by atoms with Gasteiger partial charge in [0.25, 0.3) is 5.68 Å². The number of halogens is 5. The maximum atomic E-state index is 14.0. The Balaban J connectivity index is 1.38. The van der Waals surface area contributed by atoms with Crippen LogP contribution < -0.4 is 11.0 Å². The molecule has 2 aromatic heterocycles. The number of hydrogen-bond donors (Lipinski definition) is 2. The average molecular weight is 574 g/mol. The van der Waals surface area contributed by atoms with Crippen LogP contribution in [0, 0.1) is 29.1 Å². The highest BCUT2D eigenvalue weighted by Crippen LogP contribution is 2.46. The van der Waals surface area contributed by atoms with E-state index in [1.165, 1.54) is 17.1 Å². The molecule has 0 spiro atoms. The van der Waals surface area contributed by atoms with Crippen LogP contribution in [-0.2, 0) is 24.1 Å². The zero-order chi connectivity index (χ0) is 27.9. The summed E-state index contributed by atoms with van der Waals surface area (Å²) < 4.78 is 63.9. The second-order valence-electron chi connectivity index (χ2n) is 11.6. The third-order valence-corrected chi connectivity index (χ3v) is 9.27. The topological polar surface area (TPSA) is 88.8 Å². The Labute approximate surface area is 229 Å². The molecule has 39 heavy (non-hydrogen) atoms. The van der Waals surface area contributed by atoms with Crippen molar-refractivity contribution in [2.75, 3.05) is 0 Å². The fraction of sp³-hybridized carbons (Fsp3) is 0.741. The van der Waals surface area contributed by atoms with Gasteiger partial charge < -0.3 is 9.73 Å². The molecule has 7 nitrogen and oxygen atoms in total. The van der Waals surface area contributed by atoms with Crippen LogP contribution in [0.3, 0.4) is 0 Å². The molecule has 3 fully saturated rings. The van der Waals surface area contributed by atoms with Crippen molar-refractivity contribution in [3.63, 3.8) is 0 Å². The number of nitrogens with one attached hydrogen (secondary N) is 2. The minimum absolute atomic E-state index is 0.0409. The van der Waals surface area contributed by atoms with Crippen molar-refractivity contribution in [3.8, 4) is 0 Å². The second kappa shape index (κ2) is 11.3. The Bertz CT molecular complexity index is 1210. The zero-order valence-electron chi connectivity index (χ0n) is 22.0. The van der Waals surface area contributed by atoms with Crippen molar-refractivity contribution in [1.82, 2.24) is 19.7 Å². The van der Waals surface area contributed by atoms with Crippen LogP contribution in [0.5, 0.6) is 0 Å². The smallest absolute Gasteiger partial charge is 0.432 e. The highest BCUT2D eigenvalue weighted by molar-refractivity contribution is 6.21. The molecule has 0 saturated heterocycles. The third kappa shape index (κ3) is 6.38. The molecule has 2 heterocycles. The van der Waals surface area contributed by atoms with Gasteiger partial charge >= 0.3 is 6.18 Å². The van der Waals surface area contributed by atoms with E-state index in [-0.39, 0.29) is 41.5 Å². The number of aromatic nitrogens is 3. The Hall–Kier alpha value is -2.30. The highest BCUT2D eigenvalue weighted by atomic mass is 35.5. The van der Waals surface area contributed by atoms with Gasteiger partial charge in [0.2, 0.25) is 5.91 Å². The molecule has 0 radical (unpaired) electrons. The molecule has 1 amide bonds. The third-order valence-electron chi connectivity index (χ3n) is 8.81. The molecule has 0 aliphatic heterocycles. The summed E-state index contributed by atoms with van der Waals surface area (Å²) in [6.45, 7) is 2.42. The van der Waals surface area contributed by atoms with E-state index in [1.54, 1.807) is 17.7 Å². The van der Waals surface area contributed by atoms with E-state index in [9.17, 15) is 22.4 Å². The normalized spacial score (nSPS) is 30.7. The van der Waals surface area contributed by atoms with Crippen LogP contribution in [-0.4, -0.2) is 37.8 Å². The number of carbonyl (C=O) groups is 1. The Morgan fingerprint density at radius 1 is 1.21 bits per heavy atom. The van der Waals surface area contributed by atoms with Gasteiger partial charge in [0.05, 0.1) is 5.38 Å². The van der Waals surface area contributed by atoms with Gasteiger partial charge in [-0.05, 0) is 82.0 Å². The number of nitrogens with zero attached hydrogens (tertiary/aromatic N) is 3. The summed E-state index contributed by atoms with van der Waals surface area (Å²) in [4.78, 5) is 13.7. The van der Waals surface area contributed by atoms with Gasteiger partial charge in [0.15, 0.2) is 5.69 Å². The summed E-state index contributed by atoms with van der Waals surface area (Å²) in [7, 11) is 0. The van der Waals surface area contributed by atoms with Crippen LogP contribution in [0.15, 0.2) is 23.1 Å². The summed E-state index contributed by atoms with van der Waals surface area (Å²) in [5, 5.41) is 14.5. The molecule has 3 aliphatic carbocycles. The lowest BCUT2D eigenvalue weighted by molar-refractivity contribution is -0.142. The van der Waals surface area contributed by atoms with Crippen LogP contribution in [0.2, 0.25) is 0 Å². The van der Waals surface area contributed by atoms with Gasteiger partial charge in [-0.1, -0.05) is 0 Å². The summed E-state index contributed by atoms with van der Waals surface area (Å²) in [5.41, 5.74) is -0.806. The highest BCUT2D eigenvalue weighted by Gasteiger charge is 2.45. The number of aryl methyl sites for hydroxylation is 1. The quantitative estimate of drug-likeness (QED) is 0.317. The minimum atomic E-state index is -4.60. The summed E-state index contributed by atoms with van der Waals surface area (Å²) in [6.07, 6.45) is 3.64. The first kappa shape index (κ1) is 28.2. The summed E-state index contributed by atoms with van der Waals surface area (Å²) in [6, 6.07) is -0.0956. The van der Waals surface area contributed by atoms with Crippen molar-refractivity contribution in [2.24, 2.45) is 23.7 Å². The van der Waals surface area contributed by atoms with Crippen molar-refractivity contribution in [2.45, 2.75) is 101 Å². The molecule has 2 aromatic rings. The second-order valence-corrected chi connectivity index (χ2v) is 12.2. The van der Waals surface area contributed by atoms with Crippen LogP contribution >= 0.6 is 11.6 Å². The lowest BCUT2D eigenvalue weighted by Crippen LogP contribution is -2.48. The van der Waals surface area contributed by atoms with Crippen LogP contribution in [0.1, 0.15) is 75.5 Å². The first-order chi connectivity index (χ1) is 18.5. The monoisotopic (exact) mass is 573 g/mol. The number of oxazole rings is 1. The van der Waals surface area contributed by atoms with Gasteiger partial charge in [-0.25, -0.2) is 4.39 Å². The van der Waals surface area contributed by atoms with Crippen molar-refractivity contribution >= 4 is 17.5 Å². The molecule has 3 aliphatic rings. The van der Waals surface area contributed by atoms with Gasteiger partial charge in [-0.3, -0.25) is 19.5 Å². The number of alkyl halides is 5. The van der Waals surface area contributed by atoms with Gasteiger partial charge in [0.1, 0.15) is 12.4 Å². The Kier molecular flexibility index (Phi) is 8.18. The number of carbonyl (C=O) groups excluding carboxylic acids is 1. The first-order valence-corrected chi connectivity index (χ1v) is 14.4. The van der Waals surface area contributed by atoms with E-state index >= 15 is 0 Å². The molecule has 6 unspecified atom stereocenters. The number of hydrogen-bond acceptors (Lipinski definition) is 4. The molecular formula is C27H36ClF4N5O2. The van der Waals surface area contributed by atoms with Crippen LogP contribution in [0.25, 0.3) is 0 Å². The van der Waals surface area contributed by atoms with E-state index < -0.39 is 35.3 Å². The van der Waals surface area contributed by atoms with E-state index in [0.29, 0.717) is 51.1 Å². The molecule has 5 rings (SSSR count). The van der Waals surface area contributed by atoms with Gasteiger partial charge in [0, 0.05) is 43.0 Å². The molecule has 2 N–H and O–H groups in total. The molecule has 0 bridgehead atoms. The Morgan fingerprint density at radius 3 is 2.56 bits per heavy atom. The maximum Gasteiger partial charge on any atom is 0.435 e. The molecule has 7 atom stereocenters. The molecule has 3 saturated carbocycles. The molecular weight excluding hydrogens is 538 g/mol. The summed E-state index contributed by atoms with van der Waals surface area (Å²) >= 11 is 6.26. The minimum Gasteiger partial charge on any atom is -0.432 e. The standard InChI is InChI=1S/C27H36ClF4N5O2/c1-2-37-14-20(24(35-37)27(30,31)32)18-9-15(13-36-7-8-39-26(36)33)10-19(11-18)25(38)34-23(16-3-4-16)17-5-6-22(29)21(28)12-17/h7-8,14-19,21-23,33H,2-6,9-13H2,1H3,(H,34,38)/t15?,17?,18?,19?,21?,22?,23-/m0/s1. The van der Waals surface area contributed by atoms with Crippen molar-refractivity contribution < 1.29 is 26.8 Å². The van der Waals surface area contributed by atoms with Crippen molar-refractivity contribution in [3.05, 3.63) is 35.6 Å². The van der Waals surface area contributed by atoms with Crippen LogP contribution in [0.4, 0.5) is 17.6 Å². The van der Waals surface area contributed by atoms with Gasteiger partial charge in [-0.2, -0.15) is 18.3 Å². The molecule has 0 aromatic carbocycles. The van der Waals surface area contributed by atoms with Gasteiger partial charge in [-0.15, -0.1) is 11.6 Å². The first-order valence-electron chi connectivity index (χ1n) is 13.9. The maximum absolute atomic E-state index is 14.0. The average Bonchev–Trinajstić information content (AvgIpc) is 3.50. The SMILES string of the molecule is CCn1cc(C2CC(Cn3ccoc3=N)CC(C(=O)N[C@@H](C3CC3)C3CCC(F)C(Cl)C3)C2)c(C(F)(F)F)n1.